The van der Waals surface area contributed by atoms with Crippen molar-refractivity contribution in [3.05, 3.63) is 74.6 Å². The van der Waals surface area contributed by atoms with Crippen LogP contribution >= 0.6 is 0 Å². The molecule has 124 valence electrons. The van der Waals surface area contributed by atoms with Crippen molar-refractivity contribution in [1.82, 2.24) is 9.55 Å². The summed E-state index contributed by atoms with van der Waals surface area (Å²) in [6.45, 7) is -0.429. The van der Waals surface area contributed by atoms with Crippen LogP contribution in [0.15, 0.2) is 52.1 Å². The number of H-pyrrole nitrogens is 1. The van der Waals surface area contributed by atoms with Gasteiger partial charge in [0.05, 0.1) is 22.7 Å². The Bertz CT molecular complexity index is 1140. The number of halogens is 1. The van der Waals surface area contributed by atoms with Crippen molar-refractivity contribution in [2.75, 3.05) is 5.32 Å². The molecule has 0 radical (unpaired) electrons. The lowest BCUT2D eigenvalue weighted by Crippen LogP contribution is -2.38. The van der Waals surface area contributed by atoms with Crippen LogP contribution in [0.5, 0.6) is 0 Å². The molecule has 0 saturated heterocycles. The number of amides is 1. The van der Waals surface area contributed by atoms with Gasteiger partial charge < -0.3 is 10.3 Å². The molecule has 0 atom stereocenters. The summed E-state index contributed by atoms with van der Waals surface area (Å²) in [5.41, 5.74) is -0.766. The highest BCUT2D eigenvalue weighted by molar-refractivity contribution is 5.91. The number of hydrogen-bond donors (Lipinski definition) is 2. The highest BCUT2D eigenvalue weighted by Crippen LogP contribution is 2.12. The first-order valence-corrected chi connectivity index (χ1v) is 7.20. The molecule has 25 heavy (non-hydrogen) atoms. The highest BCUT2D eigenvalue weighted by atomic mass is 19.1. The molecule has 3 aromatic rings. The summed E-state index contributed by atoms with van der Waals surface area (Å²) in [5, 5.41) is 11.4. The van der Waals surface area contributed by atoms with Gasteiger partial charge in [-0.2, -0.15) is 5.26 Å². The molecule has 8 heteroatoms. The highest BCUT2D eigenvalue weighted by Gasteiger charge is 2.12. The van der Waals surface area contributed by atoms with E-state index >= 15 is 0 Å². The Balaban J connectivity index is 1.96. The van der Waals surface area contributed by atoms with E-state index in [1.807, 2.05) is 6.07 Å². The molecule has 2 aromatic carbocycles. The number of aromatic nitrogens is 2. The van der Waals surface area contributed by atoms with Crippen molar-refractivity contribution in [3.8, 4) is 6.07 Å². The number of hydrogen-bond acceptors (Lipinski definition) is 4. The molecule has 0 bridgehead atoms. The average molecular weight is 338 g/mol. The van der Waals surface area contributed by atoms with Crippen LogP contribution in [-0.2, 0) is 11.3 Å². The number of rotatable bonds is 3. The van der Waals surface area contributed by atoms with E-state index in [1.165, 1.54) is 12.1 Å². The van der Waals surface area contributed by atoms with Gasteiger partial charge in [0.1, 0.15) is 12.4 Å². The minimum atomic E-state index is -0.947. The second-order valence-electron chi connectivity index (χ2n) is 5.25. The molecular formula is C17H11FN4O3. The second kappa shape index (κ2) is 6.41. The Morgan fingerprint density at radius 1 is 1.24 bits per heavy atom. The van der Waals surface area contributed by atoms with Gasteiger partial charge in [-0.05, 0) is 36.4 Å². The zero-order chi connectivity index (χ0) is 18.0. The minimum Gasteiger partial charge on any atom is -0.324 e. The summed E-state index contributed by atoms with van der Waals surface area (Å²) in [4.78, 5) is 38.3. The van der Waals surface area contributed by atoms with E-state index in [4.69, 9.17) is 5.26 Å². The molecule has 0 aliphatic heterocycles. The number of anilines is 1. The third kappa shape index (κ3) is 3.30. The van der Waals surface area contributed by atoms with Gasteiger partial charge in [-0.15, -0.1) is 0 Å². The molecule has 0 saturated carbocycles. The molecule has 3 rings (SSSR count). The van der Waals surface area contributed by atoms with Crippen molar-refractivity contribution in [2.24, 2.45) is 0 Å². The summed E-state index contributed by atoms with van der Waals surface area (Å²) in [6, 6.07) is 11.7. The van der Waals surface area contributed by atoms with Gasteiger partial charge in [0, 0.05) is 5.69 Å². The van der Waals surface area contributed by atoms with Gasteiger partial charge in [0.2, 0.25) is 5.91 Å². The van der Waals surface area contributed by atoms with Gasteiger partial charge in [-0.25, -0.2) is 4.39 Å². The van der Waals surface area contributed by atoms with E-state index in [0.717, 1.165) is 16.7 Å². The Hall–Kier alpha value is -3.73. The van der Waals surface area contributed by atoms with Crippen molar-refractivity contribution >= 4 is 22.6 Å². The average Bonchev–Trinajstić information content (AvgIpc) is 2.59. The van der Waals surface area contributed by atoms with Gasteiger partial charge >= 0.3 is 11.1 Å². The summed E-state index contributed by atoms with van der Waals surface area (Å²) in [5.74, 6) is -1.14. The fraction of sp³-hybridized carbons (Fsp3) is 0.0588. The molecule has 0 spiro atoms. The Labute approximate surface area is 140 Å². The van der Waals surface area contributed by atoms with Crippen molar-refractivity contribution < 1.29 is 9.18 Å². The number of benzene rings is 2. The zero-order valence-corrected chi connectivity index (χ0v) is 12.7. The van der Waals surface area contributed by atoms with Crippen LogP contribution in [0, 0.1) is 17.1 Å². The molecule has 1 aromatic heterocycles. The predicted molar refractivity (Wildman–Crippen MR) is 88.6 cm³/mol. The van der Waals surface area contributed by atoms with Crippen LogP contribution in [0.3, 0.4) is 0 Å². The van der Waals surface area contributed by atoms with E-state index in [9.17, 15) is 18.8 Å². The van der Waals surface area contributed by atoms with Crippen LogP contribution in [0.4, 0.5) is 10.1 Å². The Morgan fingerprint density at radius 2 is 2.04 bits per heavy atom. The lowest BCUT2D eigenvalue weighted by Gasteiger charge is -2.10. The van der Waals surface area contributed by atoms with Gasteiger partial charge in [0.25, 0.3) is 0 Å². The largest absolute Gasteiger partial charge is 0.324 e. The van der Waals surface area contributed by atoms with E-state index in [-0.39, 0.29) is 11.0 Å². The third-order valence-electron chi connectivity index (χ3n) is 3.51. The van der Waals surface area contributed by atoms with Crippen LogP contribution in [0.2, 0.25) is 0 Å². The number of carbonyl (C=O) groups excluding carboxylic acids is 1. The van der Waals surface area contributed by atoms with E-state index in [1.54, 1.807) is 18.2 Å². The number of aromatic amines is 1. The maximum atomic E-state index is 13.3. The Morgan fingerprint density at radius 3 is 2.80 bits per heavy atom. The minimum absolute atomic E-state index is 0.115. The monoisotopic (exact) mass is 338 g/mol. The van der Waals surface area contributed by atoms with Gasteiger partial charge in [0.15, 0.2) is 0 Å². The normalized spacial score (nSPS) is 10.4. The summed E-state index contributed by atoms with van der Waals surface area (Å²) in [6.07, 6.45) is 0. The first-order valence-electron chi connectivity index (χ1n) is 7.20. The van der Waals surface area contributed by atoms with Crippen molar-refractivity contribution in [1.29, 1.82) is 5.26 Å². The standard InChI is InChI=1S/C17H11FN4O3/c18-11-4-5-14-13(7-11)21-16(24)17(25)22(14)9-15(23)20-12-3-1-2-10(6-12)8-19/h1-7H,9H2,(H,20,23)(H,21,24). The lowest BCUT2D eigenvalue weighted by atomic mass is 10.2. The first-order chi connectivity index (χ1) is 12.0. The lowest BCUT2D eigenvalue weighted by molar-refractivity contribution is -0.116. The molecule has 0 aliphatic carbocycles. The number of fused-ring (bicyclic) bond motifs is 1. The molecular weight excluding hydrogens is 327 g/mol. The quantitative estimate of drug-likeness (QED) is 0.703. The SMILES string of the molecule is N#Cc1cccc(NC(=O)Cn2c(=O)c(=O)[nH]c3cc(F)ccc32)c1. The smallest absolute Gasteiger partial charge is 0.317 e. The molecule has 7 nitrogen and oxygen atoms in total. The van der Waals surface area contributed by atoms with Gasteiger partial charge in [-0.3, -0.25) is 19.0 Å². The number of carbonyl (C=O) groups is 1. The molecule has 2 N–H and O–H groups in total. The van der Waals surface area contributed by atoms with Crippen LogP contribution in [0.1, 0.15) is 5.56 Å². The second-order valence-corrected chi connectivity index (χ2v) is 5.25. The first kappa shape index (κ1) is 16.1. The van der Waals surface area contributed by atoms with E-state index in [0.29, 0.717) is 11.3 Å². The molecule has 0 fully saturated rings. The van der Waals surface area contributed by atoms with Gasteiger partial charge in [-0.1, -0.05) is 6.07 Å². The predicted octanol–water partition coefficient (Wildman–Crippen LogP) is 1.34. The van der Waals surface area contributed by atoms with Crippen LogP contribution < -0.4 is 16.4 Å². The topological polar surface area (TPSA) is 108 Å². The molecule has 1 amide bonds. The van der Waals surface area contributed by atoms with Crippen LogP contribution in [0.25, 0.3) is 11.0 Å². The molecule has 1 heterocycles. The summed E-state index contributed by atoms with van der Waals surface area (Å²) >= 11 is 0. The number of nitriles is 1. The fourth-order valence-electron chi connectivity index (χ4n) is 2.42. The number of nitrogens with one attached hydrogen (secondary N) is 2. The maximum Gasteiger partial charge on any atom is 0.317 e. The van der Waals surface area contributed by atoms with E-state index < -0.39 is 29.4 Å². The maximum absolute atomic E-state index is 13.3. The fourth-order valence-corrected chi connectivity index (χ4v) is 2.42. The van der Waals surface area contributed by atoms with Crippen molar-refractivity contribution in [3.63, 3.8) is 0 Å². The summed E-state index contributed by atoms with van der Waals surface area (Å²) in [7, 11) is 0. The Kier molecular flexibility index (Phi) is 4.14. The van der Waals surface area contributed by atoms with E-state index in [2.05, 4.69) is 10.3 Å². The molecule has 0 aliphatic rings. The molecule has 0 unspecified atom stereocenters. The van der Waals surface area contributed by atoms with Crippen LogP contribution in [-0.4, -0.2) is 15.5 Å². The zero-order valence-electron chi connectivity index (χ0n) is 12.7. The summed E-state index contributed by atoms with van der Waals surface area (Å²) < 4.78 is 14.3. The number of nitrogens with zero attached hydrogens (tertiary/aromatic N) is 2. The third-order valence-corrected chi connectivity index (χ3v) is 3.51. The van der Waals surface area contributed by atoms with Crippen molar-refractivity contribution in [2.45, 2.75) is 6.54 Å².